The largest absolute Gasteiger partial charge is 0.488 e. The van der Waals surface area contributed by atoms with E-state index in [4.69, 9.17) is 9.26 Å². The number of likely N-dealkylation sites (tertiary alicyclic amines) is 1. The highest BCUT2D eigenvalue weighted by Gasteiger charge is 2.45. The maximum Gasteiger partial charge on any atom is 0.227 e. The normalized spacial score (nSPS) is 25.2. The number of aryl methyl sites for hydroxylation is 2. The van der Waals surface area contributed by atoms with E-state index in [1.54, 1.807) is 12.4 Å². The molecule has 0 spiro atoms. The first-order chi connectivity index (χ1) is 12.1. The van der Waals surface area contributed by atoms with Crippen LogP contribution in [0.2, 0.25) is 0 Å². The Balaban J connectivity index is 1.40. The number of carbonyl (C=O) groups is 1. The Labute approximate surface area is 147 Å². The lowest BCUT2D eigenvalue weighted by molar-refractivity contribution is -0.129. The van der Waals surface area contributed by atoms with E-state index in [0.717, 1.165) is 48.7 Å². The van der Waals surface area contributed by atoms with Gasteiger partial charge in [0.15, 0.2) is 0 Å². The van der Waals surface area contributed by atoms with Crippen LogP contribution in [-0.2, 0) is 11.2 Å². The van der Waals surface area contributed by atoms with Gasteiger partial charge in [-0.2, -0.15) is 0 Å². The summed E-state index contributed by atoms with van der Waals surface area (Å²) in [7, 11) is 0. The van der Waals surface area contributed by atoms with Crippen LogP contribution < -0.4 is 4.74 Å². The van der Waals surface area contributed by atoms with E-state index in [1.807, 2.05) is 30.9 Å². The SMILES string of the molecule is Cc1noc(C)c1CC(=O)N1C[C@H]2CC[C@@H](Oc3cccnc3)[C@H]2C1. The zero-order valence-electron chi connectivity index (χ0n) is 14.6. The van der Waals surface area contributed by atoms with Crippen molar-refractivity contribution in [1.82, 2.24) is 15.0 Å². The molecule has 25 heavy (non-hydrogen) atoms. The fourth-order valence-electron chi connectivity index (χ4n) is 4.17. The number of carbonyl (C=O) groups excluding carboxylic acids is 1. The molecule has 0 aromatic carbocycles. The minimum absolute atomic E-state index is 0.156. The average molecular weight is 341 g/mol. The van der Waals surface area contributed by atoms with Gasteiger partial charge in [0.05, 0.1) is 18.3 Å². The molecule has 0 radical (unpaired) electrons. The summed E-state index contributed by atoms with van der Waals surface area (Å²) in [6.07, 6.45) is 6.21. The van der Waals surface area contributed by atoms with E-state index in [1.165, 1.54) is 0 Å². The molecule has 1 saturated carbocycles. The monoisotopic (exact) mass is 341 g/mol. The second-order valence-electron chi connectivity index (χ2n) is 7.12. The zero-order valence-corrected chi connectivity index (χ0v) is 14.6. The maximum absolute atomic E-state index is 12.7. The van der Waals surface area contributed by atoms with Gasteiger partial charge in [0.25, 0.3) is 0 Å². The third-order valence-corrected chi connectivity index (χ3v) is 5.57. The summed E-state index contributed by atoms with van der Waals surface area (Å²) in [5, 5.41) is 3.94. The van der Waals surface area contributed by atoms with Crippen LogP contribution in [0.1, 0.15) is 29.9 Å². The lowest BCUT2D eigenvalue weighted by Crippen LogP contribution is -2.33. The zero-order chi connectivity index (χ0) is 17.4. The van der Waals surface area contributed by atoms with Gasteiger partial charge in [-0.15, -0.1) is 0 Å². The number of ether oxygens (including phenoxy) is 1. The first kappa shape index (κ1) is 16.1. The summed E-state index contributed by atoms with van der Waals surface area (Å²) in [6.45, 7) is 5.35. The van der Waals surface area contributed by atoms with Gasteiger partial charge >= 0.3 is 0 Å². The van der Waals surface area contributed by atoms with E-state index in [2.05, 4.69) is 10.1 Å². The molecule has 1 saturated heterocycles. The van der Waals surface area contributed by atoms with E-state index >= 15 is 0 Å². The average Bonchev–Trinajstić information content (AvgIpc) is 3.28. The van der Waals surface area contributed by atoms with Gasteiger partial charge in [-0.3, -0.25) is 9.78 Å². The first-order valence-corrected chi connectivity index (χ1v) is 8.88. The highest BCUT2D eigenvalue weighted by atomic mass is 16.5. The number of hydrogen-bond acceptors (Lipinski definition) is 5. The second kappa shape index (κ2) is 6.50. The molecule has 0 bridgehead atoms. The molecule has 132 valence electrons. The topological polar surface area (TPSA) is 68.5 Å². The minimum atomic E-state index is 0.156. The van der Waals surface area contributed by atoms with E-state index in [0.29, 0.717) is 18.3 Å². The Morgan fingerprint density at radius 1 is 1.36 bits per heavy atom. The lowest BCUT2D eigenvalue weighted by Gasteiger charge is -2.22. The molecule has 1 aliphatic heterocycles. The molecule has 1 aliphatic carbocycles. The van der Waals surface area contributed by atoms with Crippen molar-refractivity contribution in [3.05, 3.63) is 41.5 Å². The Bertz CT molecular complexity index is 739. The van der Waals surface area contributed by atoms with Crippen molar-refractivity contribution in [3.8, 4) is 5.75 Å². The Hall–Kier alpha value is -2.37. The number of rotatable bonds is 4. The van der Waals surface area contributed by atoms with Crippen molar-refractivity contribution in [3.63, 3.8) is 0 Å². The van der Waals surface area contributed by atoms with Crippen molar-refractivity contribution >= 4 is 5.91 Å². The predicted octanol–water partition coefficient (Wildman–Crippen LogP) is 2.54. The van der Waals surface area contributed by atoms with E-state index < -0.39 is 0 Å². The Morgan fingerprint density at radius 3 is 2.96 bits per heavy atom. The van der Waals surface area contributed by atoms with Crippen molar-refractivity contribution in [2.45, 2.75) is 39.2 Å². The molecule has 0 unspecified atom stereocenters. The highest BCUT2D eigenvalue weighted by Crippen LogP contribution is 2.40. The molecule has 2 aromatic rings. The number of pyridine rings is 1. The van der Waals surface area contributed by atoms with Gasteiger partial charge in [-0.25, -0.2) is 0 Å². The Kier molecular flexibility index (Phi) is 4.19. The van der Waals surface area contributed by atoms with Crippen LogP contribution in [0.25, 0.3) is 0 Å². The smallest absolute Gasteiger partial charge is 0.227 e. The summed E-state index contributed by atoms with van der Waals surface area (Å²) in [6, 6.07) is 3.82. The van der Waals surface area contributed by atoms with Crippen LogP contribution in [0, 0.1) is 25.7 Å². The minimum Gasteiger partial charge on any atom is -0.488 e. The van der Waals surface area contributed by atoms with Gasteiger partial charge in [0, 0.05) is 30.8 Å². The molecule has 1 amide bonds. The van der Waals surface area contributed by atoms with Crippen LogP contribution >= 0.6 is 0 Å². The van der Waals surface area contributed by atoms with Gasteiger partial charge < -0.3 is 14.2 Å². The Morgan fingerprint density at radius 2 is 2.24 bits per heavy atom. The fourth-order valence-corrected chi connectivity index (χ4v) is 4.17. The molecule has 6 nitrogen and oxygen atoms in total. The van der Waals surface area contributed by atoms with Gasteiger partial charge in [-0.05, 0) is 44.7 Å². The lowest BCUT2D eigenvalue weighted by atomic mass is 9.99. The summed E-state index contributed by atoms with van der Waals surface area (Å²) in [4.78, 5) is 18.8. The summed E-state index contributed by atoms with van der Waals surface area (Å²) < 4.78 is 11.3. The van der Waals surface area contributed by atoms with Crippen LogP contribution in [0.3, 0.4) is 0 Å². The van der Waals surface area contributed by atoms with Crippen LogP contribution in [0.15, 0.2) is 29.0 Å². The van der Waals surface area contributed by atoms with Gasteiger partial charge in [-0.1, -0.05) is 5.16 Å². The first-order valence-electron chi connectivity index (χ1n) is 8.88. The van der Waals surface area contributed by atoms with Gasteiger partial charge in [0.2, 0.25) is 5.91 Å². The quantitative estimate of drug-likeness (QED) is 0.855. The van der Waals surface area contributed by atoms with Crippen molar-refractivity contribution in [2.24, 2.45) is 11.8 Å². The number of nitrogens with zero attached hydrogens (tertiary/aromatic N) is 3. The third-order valence-electron chi connectivity index (χ3n) is 5.57. The second-order valence-corrected chi connectivity index (χ2v) is 7.12. The van der Waals surface area contributed by atoms with Gasteiger partial charge in [0.1, 0.15) is 17.6 Å². The van der Waals surface area contributed by atoms with E-state index in [-0.39, 0.29) is 12.0 Å². The number of hydrogen-bond donors (Lipinski definition) is 0. The molecule has 2 aromatic heterocycles. The summed E-state index contributed by atoms with van der Waals surface area (Å²) >= 11 is 0. The summed E-state index contributed by atoms with van der Waals surface area (Å²) in [5.41, 5.74) is 1.73. The van der Waals surface area contributed by atoms with E-state index in [9.17, 15) is 4.79 Å². The molecule has 3 heterocycles. The van der Waals surface area contributed by atoms with Crippen LogP contribution in [0.5, 0.6) is 5.75 Å². The molecule has 2 aliphatic rings. The molecule has 0 N–H and O–H groups in total. The van der Waals surface area contributed by atoms with Crippen molar-refractivity contribution in [2.75, 3.05) is 13.1 Å². The maximum atomic E-state index is 12.7. The number of amides is 1. The molecular formula is C19H23N3O3. The fraction of sp³-hybridized carbons (Fsp3) is 0.526. The van der Waals surface area contributed by atoms with Crippen molar-refractivity contribution in [1.29, 1.82) is 0 Å². The van der Waals surface area contributed by atoms with Crippen LogP contribution in [-0.4, -0.2) is 40.1 Å². The molecule has 2 fully saturated rings. The highest BCUT2D eigenvalue weighted by molar-refractivity contribution is 5.79. The summed E-state index contributed by atoms with van der Waals surface area (Å²) in [5.74, 6) is 2.66. The molecule has 6 heteroatoms. The van der Waals surface area contributed by atoms with Crippen molar-refractivity contribution < 1.29 is 14.1 Å². The number of fused-ring (bicyclic) bond motifs is 1. The van der Waals surface area contributed by atoms with Crippen LogP contribution in [0.4, 0.5) is 0 Å². The predicted molar refractivity (Wildman–Crippen MR) is 91.1 cm³/mol. The molecule has 4 rings (SSSR count). The standard InChI is InChI=1S/C19H23N3O3/c1-12-16(13(2)25-21-12)8-19(23)22-10-14-5-6-18(17(14)11-22)24-15-4-3-7-20-9-15/h3-4,7,9,14,17-18H,5-6,8,10-11H2,1-2H3/t14-,17+,18-/m1/s1. The molecule has 3 atom stereocenters. The third kappa shape index (κ3) is 3.13. The molecular weight excluding hydrogens is 318 g/mol. The number of aromatic nitrogens is 2.